The molecule has 1 rings (SSSR count). The topological polar surface area (TPSA) is 72.8 Å². The summed E-state index contributed by atoms with van der Waals surface area (Å²) in [7, 11) is 0. The molecule has 6 heteroatoms. The second-order valence-electron chi connectivity index (χ2n) is 6.01. The van der Waals surface area contributed by atoms with Crippen LogP contribution in [0.3, 0.4) is 0 Å². The molecule has 0 atom stereocenters. The van der Waals surface area contributed by atoms with Crippen molar-refractivity contribution in [2.45, 2.75) is 46.3 Å². The van der Waals surface area contributed by atoms with E-state index in [1.165, 1.54) is 0 Å². The van der Waals surface area contributed by atoms with Gasteiger partial charge < -0.3 is 14.6 Å². The molecule has 22 heavy (non-hydrogen) atoms. The lowest BCUT2D eigenvalue weighted by Crippen LogP contribution is -2.26. The van der Waals surface area contributed by atoms with E-state index in [0.29, 0.717) is 0 Å². The van der Waals surface area contributed by atoms with Crippen molar-refractivity contribution >= 4 is 34.5 Å². The molecule has 0 aliphatic rings. The summed E-state index contributed by atoms with van der Waals surface area (Å²) in [6, 6.07) is 3.65. The second kappa shape index (κ2) is 7.92. The van der Waals surface area contributed by atoms with Crippen LogP contribution in [0.2, 0.25) is 0 Å². The minimum absolute atomic E-state index is 0.0324. The van der Waals surface area contributed by atoms with Gasteiger partial charge >= 0.3 is 11.9 Å². The van der Waals surface area contributed by atoms with Crippen LogP contribution in [0.5, 0.6) is 0 Å². The molecule has 0 amide bonds. The fourth-order valence-electron chi connectivity index (χ4n) is 1.84. The first kappa shape index (κ1) is 18.9. The van der Waals surface area contributed by atoms with Crippen LogP contribution in [0.1, 0.15) is 37.5 Å². The first-order valence-electron chi connectivity index (χ1n) is 6.88. The third kappa shape index (κ3) is 6.74. The number of hydrogen-bond donors (Lipinski definition) is 1. The van der Waals surface area contributed by atoms with Crippen LogP contribution in [-0.4, -0.2) is 29.3 Å². The first-order chi connectivity index (χ1) is 10.1. The molecule has 0 unspecified atom stereocenters. The van der Waals surface area contributed by atoms with Gasteiger partial charge in [-0.3, -0.25) is 4.79 Å². The van der Waals surface area contributed by atoms with Crippen molar-refractivity contribution < 1.29 is 24.2 Å². The monoisotopic (exact) mass is 420 g/mol. The summed E-state index contributed by atoms with van der Waals surface area (Å²) >= 11 is 2.17. The standard InChI is InChI=1S/C16H21IO5/c1-10-12(5-11(6-13(10)17)7-14(18)19)8-21-9-15(20)22-16(2,3)4/h5-6H,7-9H2,1-4H3,(H,18,19). The minimum atomic E-state index is -0.875. The Kier molecular flexibility index (Phi) is 6.80. The lowest BCUT2D eigenvalue weighted by atomic mass is 10.0. The van der Waals surface area contributed by atoms with E-state index in [0.717, 1.165) is 20.3 Å². The molecule has 0 saturated heterocycles. The number of aliphatic carboxylic acids is 1. The molecule has 0 aliphatic carbocycles. The molecule has 0 fully saturated rings. The van der Waals surface area contributed by atoms with Crippen LogP contribution in [0, 0.1) is 10.5 Å². The smallest absolute Gasteiger partial charge is 0.332 e. The summed E-state index contributed by atoms with van der Waals surface area (Å²) in [5.74, 6) is -1.29. The fraction of sp³-hybridized carbons (Fsp3) is 0.500. The van der Waals surface area contributed by atoms with Gasteiger partial charge in [-0.1, -0.05) is 6.07 Å². The Morgan fingerprint density at radius 3 is 2.45 bits per heavy atom. The average Bonchev–Trinajstić information content (AvgIpc) is 2.32. The lowest BCUT2D eigenvalue weighted by molar-refractivity contribution is -0.160. The van der Waals surface area contributed by atoms with Gasteiger partial charge in [0, 0.05) is 3.57 Å². The highest BCUT2D eigenvalue weighted by Crippen LogP contribution is 2.20. The van der Waals surface area contributed by atoms with E-state index in [1.807, 2.05) is 13.0 Å². The first-order valence-corrected chi connectivity index (χ1v) is 7.95. The van der Waals surface area contributed by atoms with Gasteiger partial charge in [-0.15, -0.1) is 0 Å². The summed E-state index contributed by atoms with van der Waals surface area (Å²) in [6.45, 7) is 7.45. The number of hydrogen-bond acceptors (Lipinski definition) is 4. The third-order valence-corrected chi connectivity index (χ3v) is 3.88. The molecule has 0 aromatic heterocycles. The molecule has 0 saturated carbocycles. The Morgan fingerprint density at radius 2 is 1.91 bits per heavy atom. The molecular formula is C16H21IO5. The Balaban J connectivity index is 2.67. The summed E-state index contributed by atoms with van der Waals surface area (Å²) in [5, 5.41) is 8.88. The molecule has 122 valence electrons. The van der Waals surface area contributed by atoms with Crippen LogP contribution >= 0.6 is 22.6 Å². The highest BCUT2D eigenvalue weighted by atomic mass is 127. The molecule has 0 spiro atoms. The summed E-state index contributed by atoms with van der Waals surface area (Å²) in [4.78, 5) is 22.4. The molecule has 5 nitrogen and oxygen atoms in total. The second-order valence-corrected chi connectivity index (χ2v) is 7.17. The van der Waals surface area contributed by atoms with Gasteiger partial charge in [0.1, 0.15) is 12.2 Å². The average molecular weight is 420 g/mol. The molecule has 0 aliphatic heterocycles. The van der Waals surface area contributed by atoms with Crippen molar-refractivity contribution in [3.05, 3.63) is 32.4 Å². The van der Waals surface area contributed by atoms with Crippen LogP contribution < -0.4 is 0 Å². The maximum absolute atomic E-state index is 11.6. The van der Waals surface area contributed by atoms with Crippen molar-refractivity contribution in [2.75, 3.05) is 6.61 Å². The third-order valence-electron chi connectivity index (χ3n) is 2.76. The van der Waals surface area contributed by atoms with E-state index in [9.17, 15) is 9.59 Å². The largest absolute Gasteiger partial charge is 0.481 e. The van der Waals surface area contributed by atoms with Crippen molar-refractivity contribution in [3.8, 4) is 0 Å². The van der Waals surface area contributed by atoms with Crippen molar-refractivity contribution in [1.82, 2.24) is 0 Å². The van der Waals surface area contributed by atoms with Crippen LogP contribution in [0.25, 0.3) is 0 Å². The number of esters is 1. The van der Waals surface area contributed by atoms with Gasteiger partial charge in [0.2, 0.25) is 0 Å². The highest BCUT2D eigenvalue weighted by molar-refractivity contribution is 14.1. The number of carbonyl (C=O) groups is 2. The highest BCUT2D eigenvalue weighted by Gasteiger charge is 2.16. The summed E-state index contributed by atoms with van der Waals surface area (Å²) in [6.07, 6.45) is -0.0324. The number of benzene rings is 1. The number of ether oxygens (including phenoxy) is 2. The Labute approximate surface area is 144 Å². The molecule has 1 aromatic carbocycles. The number of carbonyl (C=O) groups excluding carboxylic acids is 1. The van der Waals surface area contributed by atoms with Gasteiger partial charge in [-0.2, -0.15) is 0 Å². The summed E-state index contributed by atoms with van der Waals surface area (Å²) in [5.41, 5.74) is 2.09. The zero-order valence-corrected chi connectivity index (χ0v) is 15.4. The van der Waals surface area contributed by atoms with Gasteiger partial charge in [0.05, 0.1) is 13.0 Å². The van der Waals surface area contributed by atoms with E-state index >= 15 is 0 Å². The van der Waals surface area contributed by atoms with Gasteiger partial charge in [-0.25, -0.2) is 4.79 Å². The van der Waals surface area contributed by atoms with Gasteiger partial charge in [-0.05, 0) is 73.0 Å². The van der Waals surface area contributed by atoms with E-state index in [-0.39, 0.29) is 19.6 Å². The van der Waals surface area contributed by atoms with E-state index in [1.54, 1.807) is 26.8 Å². The molecule has 0 bridgehead atoms. The van der Waals surface area contributed by atoms with Crippen LogP contribution in [-0.2, 0) is 32.1 Å². The zero-order chi connectivity index (χ0) is 16.9. The minimum Gasteiger partial charge on any atom is -0.481 e. The van der Waals surface area contributed by atoms with E-state index in [2.05, 4.69) is 22.6 Å². The van der Waals surface area contributed by atoms with Crippen molar-refractivity contribution in [2.24, 2.45) is 0 Å². The Hall–Kier alpha value is -1.15. The van der Waals surface area contributed by atoms with E-state index < -0.39 is 17.5 Å². The Bertz CT molecular complexity index is 560. The van der Waals surface area contributed by atoms with Crippen LogP contribution in [0.4, 0.5) is 0 Å². The lowest BCUT2D eigenvalue weighted by Gasteiger charge is -2.19. The predicted molar refractivity (Wildman–Crippen MR) is 90.7 cm³/mol. The predicted octanol–water partition coefficient (Wildman–Crippen LogP) is 3.09. The van der Waals surface area contributed by atoms with E-state index in [4.69, 9.17) is 14.6 Å². The quantitative estimate of drug-likeness (QED) is 0.566. The maximum atomic E-state index is 11.6. The number of carboxylic acid groups (broad SMARTS) is 1. The van der Waals surface area contributed by atoms with Crippen molar-refractivity contribution in [3.63, 3.8) is 0 Å². The maximum Gasteiger partial charge on any atom is 0.332 e. The SMILES string of the molecule is Cc1c(I)cc(CC(=O)O)cc1COCC(=O)OC(C)(C)C. The number of carboxylic acids is 1. The molecular weight excluding hydrogens is 399 g/mol. The normalized spacial score (nSPS) is 11.3. The zero-order valence-electron chi connectivity index (χ0n) is 13.2. The van der Waals surface area contributed by atoms with Gasteiger partial charge in [0.25, 0.3) is 0 Å². The molecule has 1 aromatic rings. The van der Waals surface area contributed by atoms with Crippen molar-refractivity contribution in [1.29, 1.82) is 0 Å². The molecule has 0 heterocycles. The van der Waals surface area contributed by atoms with Gasteiger partial charge in [0.15, 0.2) is 0 Å². The molecule has 0 radical (unpaired) electrons. The number of rotatable bonds is 6. The van der Waals surface area contributed by atoms with Crippen LogP contribution in [0.15, 0.2) is 12.1 Å². The number of halogens is 1. The summed E-state index contributed by atoms with van der Waals surface area (Å²) < 4.78 is 11.5. The molecule has 1 N–H and O–H groups in total. The Morgan fingerprint density at radius 1 is 1.27 bits per heavy atom. The fourth-order valence-corrected chi connectivity index (χ4v) is 2.59.